The van der Waals surface area contributed by atoms with E-state index in [2.05, 4.69) is 13.8 Å². The molecular weight excluding hydrogens is 307 g/mol. The van der Waals surface area contributed by atoms with Crippen molar-refractivity contribution in [2.75, 3.05) is 0 Å². The molecule has 0 saturated carbocycles. The van der Waals surface area contributed by atoms with Gasteiger partial charge < -0.3 is 5.11 Å². The summed E-state index contributed by atoms with van der Waals surface area (Å²) in [4.78, 5) is 0. The molecule has 0 aliphatic heterocycles. The largest absolute Gasteiger partial charge is 0.507 e. The number of para-hydroxylation sites is 1. The van der Waals surface area contributed by atoms with Gasteiger partial charge >= 0.3 is 0 Å². The lowest BCUT2D eigenvalue weighted by molar-refractivity contribution is 0.479. The molecule has 1 radical (unpaired) electrons. The highest BCUT2D eigenvalue weighted by molar-refractivity contribution is 5.81. The van der Waals surface area contributed by atoms with Gasteiger partial charge in [-0.3, -0.25) is 0 Å². The maximum Gasteiger partial charge on any atom is 0.187 e. The SMILES string of the molecule is Oc1c(-c2ccccc2)cccc1-c1ccccc1.[AlH3].[CH2]CCC. The van der Waals surface area contributed by atoms with Gasteiger partial charge in [-0.1, -0.05) is 106 Å². The summed E-state index contributed by atoms with van der Waals surface area (Å²) in [6.07, 6.45) is 2.28. The van der Waals surface area contributed by atoms with E-state index in [0.717, 1.165) is 28.7 Å². The van der Waals surface area contributed by atoms with Gasteiger partial charge in [0.15, 0.2) is 17.4 Å². The Morgan fingerprint density at radius 1 is 0.708 bits per heavy atom. The van der Waals surface area contributed by atoms with Crippen molar-refractivity contribution in [1.29, 1.82) is 0 Å². The minimum Gasteiger partial charge on any atom is -0.507 e. The van der Waals surface area contributed by atoms with E-state index in [1.807, 2.05) is 78.9 Å². The Bertz CT molecular complexity index is 649. The molecule has 0 amide bonds. The smallest absolute Gasteiger partial charge is 0.187 e. The molecule has 2 heteroatoms. The molecule has 0 atom stereocenters. The van der Waals surface area contributed by atoms with Gasteiger partial charge in [0.05, 0.1) is 0 Å². The molecule has 0 fully saturated rings. The van der Waals surface area contributed by atoms with E-state index in [0.29, 0.717) is 5.75 Å². The summed E-state index contributed by atoms with van der Waals surface area (Å²) in [5.74, 6) is 0.333. The Morgan fingerprint density at radius 2 is 1.08 bits per heavy atom. The van der Waals surface area contributed by atoms with Crippen molar-refractivity contribution in [2.24, 2.45) is 0 Å². The third kappa shape index (κ3) is 5.27. The van der Waals surface area contributed by atoms with Crippen LogP contribution < -0.4 is 0 Å². The first kappa shape index (κ1) is 20.0. The third-order valence-corrected chi connectivity index (χ3v) is 3.56. The zero-order valence-electron chi connectivity index (χ0n) is 13.6. The Hall–Kier alpha value is -2.01. The van der Waals surface area contributed by atoms with Crippen molar-refractivity contribution in [3.05, 3.63) is 85.8 Å². The fourth-order valence-electron chi connectivity index (χ4n) is 2.24. The van der Waals surface area contributed by atoms with E-state index >= 15 is 0 Å². The van der Waals surface area contributed by atoms with Gasteiger partial charge in [-0.25, -0.2) is 0 Å². The number of benzene rings is 3. The van der Waals surface area contributed by atoms with Gasteiger partial charge in [0.1, 0.15) is 5.75 Å². The third-order valence-electron chi connectivity index (χ3n) is 3.56. The Morgan fingerprint density at radius 3 is 1.42 bits per heavy atom. The van der Waals surface area contributed by atoms with E-state index in [4.69, 9.17) is 0 Å². The molecule has 0 aliphatic carbocycles. The average molecular weight is 333 g/mol. The Labute approximate surface area is 156 Å². The molecule has 0 aromatic heterocycles. The van der Waals surface area contributed by atoms with Crippen LogP contribution in [0.15, 0.2) is 78.9 Å². The normalized spacial score (nSPS) is 9.42. The minimum absolute atomic E-state index is 0. The maximum atomic E-state index is 10.5. The number of phenolic OH excluding ortho intramolecular Hbond substituents is 1. The number of hydrogen-bond acceptors (Lipinski definition) is 1. The van der Waals surface area contributed by atoms with Crippen molar-refractivity contribution in [2.45, 2.75) is 19.8 Å². The molecule has 1 N–H and O–H groups in total. The lowest BCUT2D eigenvalue weighted by atomic mass is 9.97. The average Bonchev–Trinajstić information content (AvgIpc) is 2.63. The van der Waals surface area contributed by atoms with Crippen molar-refractivity contribution in [1.82, 2.24) is 0 Å². The number of rotatable bonds is 3. The molecule has 24 heavy (non-hydrogen) atoms. The van der Waals surface area contributed by atoms with Crippen molar-refractivity contribution < 1.29 is 5.11 Å². The van der Waals surface area contributed by atoms with Crippen LogP contribution in [0.5, 0.6) is 5.75 Å². The second-order valence-corrected chi connectivity index (χ2v) is 5.29. The number of phenols is 1. The second-order valence-electron chi connectivity index (χ2n) is 5.29. The van der Waals surface area contributed by atoms with Gasteiger partial charge in [0, 0.05) is 11.1 Å². The summed E-state index contributed by atoms with van der Waals surface area (Å²) in [7, 11) is 0. The molecule has 0 aliphatic rings. The molecule has 3 aromatic rings. The van der Waals surface area contributed by atoms with Crippen molar-refractivity contribution in [3.8, 4) is 28.0 Å². The fourth-order valence-corrected chi connectivity index (χ4v) is 2.24. The van der Waals surface area contributed by atoms with Gasteiger partial charge in [0.2, 0.25) is 0 Å². The highest BCUT2D eigenvalue weighted by Gasteiger charge is 2.09. The molecule has 123 valence electrons. The van der Waals surface area contributed by atoms with Crippen LogP contribution in [0.2, 0.25) is 0 Å². The topological polar surface area (TPSA) is 20.2 Å². The quantitative estimate of drug-likeness (QED) is 0.656. The van der Waals surface area contributed by atoms with Gasteiger partial charge in [-0.2, -0.15) is 0 Å². The van der Waals surface area contributed by atoms with Crippen molar-refractivity contribution in [3.63, 3.8) is 0 Å². The predicted octanol–water partition coefficient (Wildman–Crippen LogP) is 5.16. The van der Waals surface area contributed by atoms with E-state index in [1.54, 1.807) is 0 Å². The monoisotopic (exact) mass is 333 g/mol. The van der Waals surface area contributed by atoms with Crippen LogP contribution in [0.4, 0.5) is 0 Å². The molecule has 1 nitrogen and oxygen atoms in total. The van der Waals surface area contributed by atoms with Crippen LogP contribution in [0, 0.1) is 6.92 Å². The van der Waals surface area contributed by atoms with Crippen LogP contribution >= 0.6 is 0 Å². The summed E-state index contributed by atoms with van der Waals surface area (Å²) in [6.45, 7) is 5.72. The van der Waals surface area contributed by atoms with Gasteiger partial charge in [0.25, 0.3) is 0 Å². The first-order chi connectivity index (χ1) is 11.3. The Kier molecular flexibility index (Phi) is 8.94. The molecule has 0 bridgehead atoms. The van der Waals surface area contributed by atoms with Crippen molar-refractivity contribution >= 4 is 17.4 Å². The highest BCUT2D eigenvalue weighted by atomic mass is 27.0. The number of unbranched alkanes of at least 4 members (excludes halogenated alkanes) is 1. The van der Waals surface area contributed by atoms with Gasteiger partial charge in [-0.15, -0.1) is 0 Å². The fraction of sp³-hybridized carbons (Fsp3) is 0.136. The lowest BCUT2D eigenvalue weighted by Crippen LogP contribution is -1.83. The highest BCUT2D eigenvalue weighted by Crippen LogP contribution is 2.37. The molecule has 3 aromatic carbocycles. The summed E-state index contributed by atoms with van der Waals surface area (Å²) in [5, 5.41) is 10.5. The van der Waals surface area contributed by atoms with Crippen LogP contribution in [0.25, 0.3) is 22.3 Å². The summed E-state index contributed by atoms with van der Waals surface area (Å²) >= 11 is 0. The second kappa shape index (κ2) is 10.7. The van der Waals surface area contributed by atoms with Crippen LogP contribution in [0.1, 0.15) is 19.8 Å². The molecule has 0 saturated heterocycles. The van der Waals surface area contributed by atoms with Crippen LogP contribution in [-0.2, 0) is 0 Å². The van der Waals surface area contributed by atoms with E-state index in [-0.39, 0.29) is 17.4 Å². The predicted molar refractivity (Wildman–Crippen MR) is 109 cm³/mol. The molecule has 0 spiro atoms. The summed E-state index contributed by atoms with van der Waals surface area (Å²) in [5.41, 5.74) is 3.78. The zero-order chi connectivity index (χ0) is 16.5. The van der Waals surface area contributed by atoms with E-state index < -0.39 is 0 Å². The van der Waals surface area contributed by atoms with Crippen LogP contribution in [-0.4, -0.2) is 22.5 Å². The van der Waals surface area contributed by atoms with Crippen LogP contribution in [0.3, 0.4) is 0 Å². The molecule has 0 heterocycles. The number of hydrogen-bond donors (Lipinski definition) is 1. The molecular formula is C22H26AlO. The lowest BCUT2D eigenvalue weighted by Gasteiger charge is -2.10. The number of aromatic hydroxyl groups is 1. The van der Waals surface area contributed by atoms with E-state index in [9.17, 15) is 5.11 Å². The standard InChI is InChI=1S/C18H14O.C4H9.Al.3H/c19-18-16(14-8-3-1-4-9-14)12-7-13-17(18)15-10-5-2-6-11-15;1-3-4-2;;;;/h1-13,19H;1,3-4H2,2H3;;;;. The Balaban J connectivity index is 0.000000522. The van der Waals surface area contributed by atoms with Gasteiger partial charge in [-0.05, 0) is 11.1 Å². The zero-order valence-corrected chi connectivity index (χ0v) is 13.6. The minimum atomic E-state index is 0. The summed E-state index contributed by atoms with van der Waals surface area (Å²) < 4.78 is 0. The maximum absolute atomic E-state index is 10.5. The first-order valence-electron chi connectivity index (χ1n) is 8.00. The van der Waals surface area contributed by atoms with E-state index in [1.165, 1.54) is 6.42 Å². The first-order valence-corrected chi connectivity index (χ1v) is 8.00. The molecule has 3 rings (SSSR count). The molecule has 0 unspecified atom stereocenters. The summed E-state index contributed by atoms with van der Waals surface area (Å²) in [6, 6.07) is 25.7.